The number of aromatic nitrogens is 1. The summed E-state index contributed by atoms with van der Waals surface area (Å²) in [5.74, 6) is -0.0919. The summed E-state index contributed by atoms with van der Waals surface area (Å²) in [7, 11) is 0. The van der Waals surface area contributed by atoms with Crippen molar-refractivity contribution in [2.24, 2.45) is 0 Å². The van der Waals surface area contributed by atoms with Crippen molar-refractivity contribution in [1.82, 2.24) is 4.57 Å². The van der Waals surface area contributed by atoms with E-state index in [0.717, 1.165) is 0 Å². The third kappa shape index (κ3) is 2.01. The first kappa shape index (κ1) is 12.3. The molecule has 0 saturated carbocycles. The fourth-order valence-corrected chi connectivity index (χ4v) is 2.04. The fourth-order valence-electron chi connectivity index (χ4n) is 2.04. The van der Waals surface area contributed by atoms with E-state index < -0.39 is 11.5 Å². The summed E-state index contributed by atoms with van der Waals surface area (Å²) >= 11 is 0. The summed E-state index contributed by atoms with van der Waals surface area (Å²) in [5.41, 5.74) is -0.332. The summed E-state index contributed by atoms with van der Waals surface area (Å²) in [6, 6.07) is 7.83. The van der Waals surface area contributed by atoms with Gasteiger partial charge in [-0.3, -0.25) is 9.36 Å². The number of pyridine rings is 1. The SMILES string of the molecule is O=C(O)c1cccn(-c2ccc3c(c2)OCCO3)c1=O. The topological polar surface area (TPSA) is 77.8 Å². The number of nitrogens with zero attached hydrogens (tertiary/aromatic N) is 1. The smallest absolute Gasteiger partial charge is 0.341 e. The number of carbonyl (C=O) groups is 1. The van der Waals surface area contributed by atoms with Gasteiger partial charge in [-0.1, -0.05) is 0 Å². The monoisotopic (exact) mass is 273 g/mol. The molecule has 0 unspecified atom stereocenters. The molecule has 0 spiro atoms. The van der Waals surface area contributed by atoms with Crippen LogP contribution in [0.1, 0.15) is 10.4 Å². The van der Waals surface area contributed by atoms with E-state index in [1.54, 1.807) is 18.2 Å². The van der Waals surface area contributed by atoms with Gasteiger partial charge in [-0.2, -0.15) is 0 Å². The van der Waals surface area contributed by atoms with Gasteiger partial charge in [0.05, 0.1) is 5.69 Å². The third-order valence-corrected chi connectivity index (χ3v) is 2.98. The summed E-state index contributed by atoms with van der Waals surface area (Å²) in [6.07, 6.45) is 1.51. The van der Waals surface area contributed by atoms with E-state index in [1.807, 2.05) is 0 Å². The van der Waals surface area contributed by atoms with Crippen LogP contribution in [0, 0.1) is 0 Å². The van der Waals surface area contributed by atoms with Crippen LogP contribution in [-0.2, 0) is 0 Å². The lowest BCUT2D eigenvalue weighted by Gasteiger charge is -2.19. The number of benzene rings is 1. The highest BCUT2D eigenvalue weighted by molar-refractivity contribution is 5.87. The summed E-state index contributed by atoms with van der Waals surface area (Å²) in [4.78, 5) is 23.1. The Morgan fingerprint density at radius 1 is 1.15 bits per heavy atom. The third-order valence-electron chi connectivity index (χ3n) is 2.98. The number of fused-ring (bicyclic) bond motifs is 1. The van der Waals surface area contributed by atoms with Crippen molar-refractivity contribution in [3.63, 3.8) is 0 Å². The second kappa shape index (κ2) is 4.73. The van der Waals surface area contributed by atoms with Crippen LogP contribution in [0.2, 0.25) is 0 Å². The first-order valence-corrected chi connectivity index (χ1v) is 6.02. The molecule has 6 heteroatoms. The van der Waals surface area contributed by atoms with Gasteiger partial charge < -0.3 is 14.6 Å². The van der Waals surface area contributed by atoms with Crippen LogP contribution < -0.4 is 15.0 Å². The molecule has 1 aromatic heterocycles. The van der Waals surface area contributed by atoms with Crippen molar-refractivity contribution in [3.8, 4) is 17.2 Å². The Hall–Kier alpha value is -2.76. The first-order chi connectivity index (χ1) is 9.66. The Balaban J connectivity index is 2.12. The van der Waals surface area contributed by atoms with Gasteiger partial charge in [0, 0.05) is 12.3 Å². The molecule has 6 nitrogen and oxygen atoms in total. The van der Waals surface area contributed by atoms with Crippen molar-refractivity contribution >= 4 is 5.97 Å². The molecule has 20 heavy (non-hydrogen) atoms. The second-order valence-electron chi connectivity index (χ2n) is 4.23. The van der Waals surface area contributed by atoms with Crippen molar-refractivity contribution < 1.29 is 19.4 Å². The predicted molar refractivity (Wildman–Crippen MR) is 70.0 cm³/mol. The van der Waals surface area contributed by atoms with Gasteiger partial charge in [0.2, 0.25) is 0 Å². The number of carboxylic acids is 1. The van der Waals surface area contributed by atoms with Crippen molar-refractivity contribution in [2.45, 2.75) is 0 Å². The average Bonchev–Trinajstić information content (AvgIpc) is 2.46. The van der Waals surface area contributed by atoms with Crippen molar-refractivity contribution in [1.29, 1.82) is 0 Å². The highest BCUT2D eigenvalue weighted by Gasteiger charge is 2.15. The van der Waals surface area contributed by atoms with Gasteiger partial charge >= 0.3 is 5.97 Å². The lowest BCUT2D eigenvalue weighted by atomic mass is 10.2. The molecule has 0 saturated heterocycles. The minimum Gasteiger partial charge on any atom is -0.486 e. The minimum absolute atomic E-state index is 0.276. The lowest BCUT2D eigenvalue weighted by Crippen LogP contribution is -2.24. The molecule has 1 aromatic carbocycles. The van der Waals surface area contributed by atoms with Crippen LogP contribution in [0.3, 0.4) is 0 Å². The molecule has 0 bridgehead atoms. The molecule has 102 valence electrons. The van der Waals surface area contributed by atoms with E-state index >= 15 is 0 Å². The lowest BCUT2D eigenvalue weighted by molar-refractivity contribution is 0.0694. The molecule has 2 heterocycles. The maximum Gasteiger partial charge on any atom is 0.341 e. The molecule has 0 fully saturated rings. The van der Waals surface area contributed by atoms with Gasteiger partial charge in [0.25, 0.3) is 5.56 Å². The highest BCUT2D eigenvalue weighted by Crippen LogP contribution is 2.31. The van der Waals surface area contributed by atoms with Gasteiger partial charge in [-0.05, 0) is 24.3 Å². The fraction of sp³-hybridized carbons (Fsp3) is 0.143. The zero-order chi connectivity index (χ0) is 14.1. The number of aromatic carboxylic acids is 1. The summed E-state index contributed by atoms with van der Waals surface area (Å²) in [5, 5.41) is 8.97. The number of hydrogen-bond acceptors (Lipinski definition) is 4. The second-order valence-corrected chi connectivity index (χ2v) is 4.23. The maximum atomic E-state index is 12.1. The molecule has 1 aliphatic heterocycles. The molecular weight excluding hydrogens is 262 g/mol. The molecule has 0 aliphatic carbocycles. The molecule has 0 radical (unpaired) electrons. The van der Waals surface area contributed by atoms with E-state index in [0.29, 0.717) is 30.4 Å². The Morgan fingerprint density at radius 2 is 1.90 bits per heavy atom. The normalized spacial score (nSPS) is 13.0. The highest BCUT2D eigenvalue weighted by atomic mass is 16.6. The molecule has 0 atom stereocenters. The quantitative estimate of drug-likeness (QED) is 0.892. The predicted octanol–water partition coefficient (Wildman–Crippen LogP) is 1.31. The van der Waals surface area contributed by atoms with Gasteiger partial charge in [-0.15, -0.1) is 0 Å². The molecule has 2 aromatic rings. The van der Waals surface area contributed by atoms with E-state index in [2.05, 4.69) is 0 Å². The van der Waals surface area contributed by atoms with Crippen LogP contribution in [0.5, 0.6) is 11.5 Å². The molecule has 0 amide bonds. The molecule has 1 N–H and O–H groups in total. The van der Waals surface area contributed by atoms with Crippen LogP contribution in [0.15, 0.2) is 41.3 Å². The molecule has 1 aliphatic rings. The maximum absolute atomic E-state index is 12.1. The Bertz CT molecular complexity index is 735. The Morgan fingerprint density at radius 3 is 2.65 bits per heavy atom. The van der Waals surface area contributed by atoms with Crippen LogP contribution in [-0.4, -0.2) is 28.9 Å². The largest absolute Gasteiger partial charge is 0.486 e. The van der Waals surface area contributed by atoms with E-state index in [1.165, 1.54) is 22.9 Å². The van der Waals surface area contributed by atoms with Crippen LogP contribution >= 0.6 is 0 Å². The van der Waals surface area contributed by atoms with E-state index in [-0.39, 0.29) is 5.56 Å². The zero-order valence-electron chi connectivity index (χ0n) is 10.4. The molecular formula is C14H11NO5. The van der Waals surface area contributed by atoms with Crippen LogP contribution in [0.25, 0.3) is 5.69 Å². The number of rotatable bonds is 2. The van der Waals surface area contributed by atoms with E-state index in [4.69, 9.17) is 14.6 Å². The Labute approximate surface area is 113 Å². The number of hydrogen-bond donors (Lipinski definition) is 1. The minimum atomic E-state index is -1.25. The van der Waals surface area contributed by atoms with Crippen LogP contribution in [0.4, 0.5) is 0 Å². The standard InChI is InChI=1S/C14H11NO5/c16-13-10(14(17)18)2-1-5-15(13)9-3-4-11-12(8-9)20-7-6-19-11/h1-5,8H,6-7H2,(H,17,18). The zero-order valence-corrected chi connectivity index (χ0v) is 10.4. The van der Waals surface area contributed by atoms with Gasteiger partial charge in [0.15, 0.2) is 11.5 Å². The summed E-state index contributed by atoms with van der Waals surface area (Å²) in [6.45, 7) is 0.932. The van der Waals surface area contributed by atoms with Crippen molar-refractivity contribution in [2.75, 3.05) is 13.2 Å². The average molecular weight is 273 g/mol. The number of ether oxygens (including phenoxy) is 2. The Kier molecular flexibility index (Phi) is 2.90. The number of carboxylic acid groups (broad SMARTS) is 1. The van der Waals surface area contributed by atoms with Gasteiger partial charge in [0.1, 0.15) is 18.8 Å². The van der Waals surface area contributed by atoms with Crippen molar-refractivity contribution in [3.05, 3.63) is 52.4 Å². The van der Waals surface area contributed by atoms with Gasteiger partial charge in [-0.25, -0.2) is 4.79 Å². The van der Waals surface area contributed by atoms with E-state index in [9.17, 15) is 9.59 Å². The first-order valence-electron chi connectivity index (χ1n) is 6.02. The summed E-state index contributed by atoms with van der Waals surface area (Å²) < 4.78 is 12.1. The molecule has 3 rings (SSSR count).